The fourth-order valence-corrected chi connectivity index (χ4v) is 4.11. The van der Waals surface area contributed by atoms with Gasteiger partial charge in [0.2, 0.25) is 5.91 Å². The highest BCUT2D eigenvalue weighted by Gasteiger charge is 2.67. The average molecular weight is 378 g/mol. The predicted octanol–water partition coefficient (Wildman–Crippen LogP) is 2.30. The number of nitrogens with zero attached hydrogens (tertiary/aromatic N) is 1. The number of benzene rings is 1. The normalized spacial score (nSPS) is 34.1. The number of carbonyl (C=O) groups is 2. The minimum absolute atomic E-state index is 0.0720. The summed E-state index contributed by atoms with van der Waals surface area (Å²) >= 11 is 3.39. The van der Waals surface area contributed by atoms with Gasteiger partial charge in [-0.1, -0.05) is 28.1 Å². The molecule has 4 atom stereocenters. The zero-order valence-corrected chi connectivity index (χ0v) is 14.2. The second-order valence-corrected chi connectivity index (χ2v) is 6.97. The Balaban J connectivity index is 1.68. The second-order valence-electron chi connectivity index (χ2n) is 6.05. The quantitative estimate of drug-likeness (QED) is 0.598. The summed E-state index contributed by atoms with van der Waals surface area (Å²) in [5.74, 6) is -1.47. The van der Waals surface area contributed by atoms with Gasteiger partial charge in [-0.05, 0) is 31.2 Å². The summed E-state index contributed by atoms with van der Waals surface area (Å²) in [7, 11) is 0. The van der Waals surface area contributed by atoms with Crippen LogP contribution in [0.4, 0.5) is 5.69 Å². The number of rotatable bonds is 3. The van der Waals surface area contributed by atoms with Gasteiger partial charge in [0.25, 0.3) is 0 Å². The molecular formula is C17H16BrNO4. The Hall–Kier alpha value is -1.66. The molecule has 1 spiro atoms. The summed E-state index contributed by atoms with van der Waals surface area (Å²) in [6.07, 6.45) is 3.47. The Bertz CT molecular complexity index is 701. The van der Waals surface area contributed by atoms with Crippen LogP contribution in [0.5, 0.6) is 0 Å². The lowest BCUT2D eigenvalue weighted by Crippen LogP contribution is -2.40. The third-order valence-corrected chi connectivity index (χ3v) is 5.33. The van der Waals surface area contributed by atoms with Crippen LogP contribution in [-0.4, -0.2) is 36.7 Å². The first kappa shape index (κ1) is 14.9. The zero-order valence-electron chi connectivity index (χ0n) is 12.6. The molecule has 120 valence electrons. The molecule has 1 unspecified atom stereocenters. The Morgan fingerprint density at radius 3 is 2.87 bits per heavy atom. The molecule has 0 radical (unpaired) electrons. The van der Waals surface area contributed by atoms with E-state index in [2.05, 4.69) is 15.9 Å². The molecule has 2 fully saturated rings. The highest BCUT2D eigenvalue weighted by molar-refractivity contribution is 9.10. The minimum Gasteiger partial charge on any atom is -0.466 e. The van der Waals surface area contributed by atoms with E-state index in [1.807, 2.05) is 36.4 Å². The predicted molar refractivity (Wildman–Crippen MR) is 86.9 cm³/mol. The van der Waals surface area contributed by atoms with Crippen molar-refractivity contribution < 1.29 is 19.1 Å². The molecule has 3 heterocycles. The van der Waals surface area contributed by atoms with Crippen LogP contribution < -0.4 is 4.90 Å². The number of carbonyl (C=O) groups excluding carboxylic acids is 2. The molecule has 3 aliphatic heterocycles. The van der Waals surface area contributed by atoms with Gasteiger partial charge >= 0.3 is 5.97 Å². The van der Waals surface area contributed by atoms with E-state index in [-0.39, 0.29) is 18.0 Å². The molecule has 6 heteroatoms. The largest absolute Gasteiger partial charge is 0.466 e. The molecule has 23 heavy (non-hydrogen) atoms. The number of halogens is 1. The molecule has 4 rings (SSSR count). The zero-order chi connectivity index (χ0) is 16.2. The first-order valence-corrected chi connectivity index (χ1v) is 8.46. The molecular weight excluding hydrogens is 362 g/mol. The van der Waals surface area contributed by atoms with Crippen molar-refractivity contribution in [3.63, 3.8) is 0 Å². The van der Waals surface area contributed by atoms with Crippen molar-refractivity contribution in [1.29, 1.82) is 0 Å². The summed E-state index contributed by atoms with van der Waals surface area (Å²) in [6.45, 7) is 2.50. The van der Waals surface area contributed by atoms with E-state index in [0.717, 1.165) is 10.2 Å². The molecule has 1 amide bonds. The average Bonchev–Trinajstić information content (AvgIpc) is 3.17. The smallest absolute Gasteiger partial charge is 0.312 e. The van der Waals surface area contributed by atoms with Crippen LogP contribution in [0.15, 0.2) is 40.9 Å². The lowest BCUT2D eigenvalue weighted by molar-refractivity contribution is -0.151. The first-order chi connectivity index (χ1) is 11.1. The molecule has 5 nitrogen and oxygen atoms in total. The third kappa shape index (κ3) is 2.08. The fourth-order valence-electron chi connectivity index (χ4n) is 3.85. The molecule has 3 aliphatic rings. The molecule has 0 aromatic heterocycles. The summed E-state index contributed by atoms with van der Waals surface area (Å²) in [6, 6.07) is 7.56. The second kappa shape index (κ2) is 5.18. The van der Waals surface area contributed by atoms with E-state index in [1.165, 1.54) is 0 Å². The van der Waals surface area contributed by atoms with Crippen LogP contribution >= 0.6 is 15.9 Å². The molecule has 0 aliphatic carbocycles. The Morgan fingerprint density at radius 2 is 2.17 bits per heavy atom. The van der Waals surface area contributed by atoms with E-state index in [0.29, 0.717) is 13.2 Å². The van der Waals surface area contributed by atoms with Gasteiger partial charge in [-0.15, -0.1) is 0 Å². The van der Waals surface area contributed by atoms with Crippen LogP contribution in [0, 0.1) is 11.8 Å². The number of hydrogen-bond acceptors (Lipinski definition) is 4. The molecule has 0 saturated carbocycles. The lowest BCUT2D eigenvalue weighted by atomic mass is 9.77. The Morgan fingerprint density at radius 1 is 1.43 bits per heavy atom. The SMILES string of the molecule is CCOC(=O)C1[C@H]2C(=O)N(c3ccc(Br)cc3)C[C@]23C=C[C@H]1O3. The lowest BCUT2D eigenvalue weighted by Gasteiger charge is -2.22. The third-order valence-electron chi connectivity index (χ3n) is 4.80. The van der Waals surface area contributed by atoms with E-state index in [1.54, 1.807) is 11.8 Å². The number of fused-ring (bicyclic) bond motifs is 1. The Kier molecular flexibility index (Phi) is 3.35. The van der Waals surface area contributed by atoms with Gasteiger partial charge in [0.1, 0.15) is 11.5 Å². The van der Waals surface area contributed by atoms with Crippen molar-refractivity contribution in [2.24, 2.45) is 11.8 Å². The van der Waals surface area contributed by atoms with Crippen LogP contribution in [-0.2, 0) is 19.1 Å². The van der Waals surface area contributed by atoms with Gasteiger partial charge in [-0.3, -0.25) is 9.59 Å². The maximum Gasteiger partial charge on any atom is 0.312 e. The number of anilines is 1. The highest BCUT2D eigenvalue weighted by atomic mass is 79.9. The molecule has 2 bridgehead atoms. The van der Waals surface area contributed by atoms with Crippen molar-refractivity contribution in [3.8, 4) is 0 Å². The number of esters is 1. The van der Waals surface area contributed by atoms with E-state index in [4.69, 9.17) is 9.47 Å². The van der Waals surface area contributed by atoms with Crippen molar-refractivity contribution in [2.45, 2.75) is 18.6 Å². The van der Waals surface area contributed by atoms with Crippen molar-refractivity contribution in [1.82, 2.24) is 0 Å². The highest BCUT2D eigenvalue weighted by Crippen LogP contribution is 2.52. The van der Waals surface area contributed by atoms with Crippen LogP contribution in [0.25, 0.3) is 0 Å². The van der Waals surface area contributed by atoms with Gasteiger partial charge < -0.3 is 14.4 Å². The van der Waals surface area contributed by atoms with Crippen molar-refractivity contribution in [2.75, 3.05) is 18.1 Å². The molecule has 1 aromatic rings. The van der Waals surface area contributed by atoms with E-state index in [9.17, 15) is 9.59 Å². The Labute approximate surface area is 142 Å². The van der Waals surface area contributed by atoms with Gasteiger partial charge in [-0.2, -0.15) is 0 Å². The monoisotopic (exact) mass is 377 g/mol. The van der Waals surface area contributed by atoms with Crippen molar-refractivity contribution >= 4 is 33.5 Å². The number of ether oxygens (including phenoxy) is 2. The van der Waals surface area contributed by atoms with Crippen LogP contribution in [0.2, 0.25) is 0 Å². The summed E-state index contributed by atoms with van der Waals surface area (Å²) in [5.41, 5.74) is 0.108. The summed E-state index contributed by atoms with van der Waals surface area (Å²) in [5, 5.41) is 0. The summed E-state index contributed by atoms with van der Waals surface area (Å²) < 4.78 is 12.1. The van der Waals surface area contributed by atoms with Gasteiger partial charge in [-0.25, -0.2) is 0 Å². The van der Waals surface area contributed by atoms with Gasteiger partial charge in [0.15, 0.2) is 0 Å². The van der Waals surface area contributed by atoms with Crippen LogP contribution in [0.1, 0.15) is 6.92 Å². The maximum atomic E-state index is 13.0. The minimum atomic E-state index is -0.702. The maximum absolute atomic E-state index is 13.0. The van der Waals surface area contributed by atoms with Crippen LogP contribution in [0.3, 0.4) is 0 Å². The molecule has 2 saturated heterocycles. The topological polar surface area (TPSA) is 55.8 Å². The van der Waals surface area contributed by atoms with Crippen molar-refractivity contribution in [3.05, 3.63) is 40.9 Å². The van der Waals surface area contributed by atoms with E-state index >= 15 is 0 Å². The molecule has 1 aromatic carbocycles. The number of hydrogen-bond donors (Lipinski definition) is 0. The fraction of sp³-hybridized carbons (Fsp3) is 0.412. The van der Waals surface area contributed by atoms with E-state index < -0.39 is 17.4 Å². The van der Waals surface area contributed by atoms with Gasteiger partial charge in [0.05, 0.1) is 25.2 Å². The molecule has 0 N–H and O–H groups in total. The first-order valence-electron chi connectivity index (χ1n) is 7.66. The standard InChI is InChI=1S/C17H16BrNO4/c1-2-22-16(21)13-12-7-8-17(23-12)9-19(15(20)14(13)17)11-5-3-10(18)4-6-11/h3-8,12-14H,2,9H2,1H3/t12-,13?,14+,17-/m1/s1. The van der Waals surface area contributed by atoms with Gasteiger partial charge in [0, 0.05) is 10.2 Å². The summed E-state index contributed by atoms with van der Waals surface area (Å²) in [4.78, 5) is 27.0. The number of amides is 1.